The molecule has 0 unspecified atom stereocenters. The molecule has 1 fully saturated rings. The summed E-state index contributed by atoms with van der Waals surface area (Å²) < 4.78 is 18.0. The van der Waals surface area contributed by atoms with Crippen LogP contribution in [0, 0.1) is 0 Å². The molecule has 8 heteroatoms. The van der Waals surface area contributed by atoms with Gasteiger partial charge in [0.25, 0.3) is 0 Å². The van der Waals surface area contributed by atoms with E-state index in [-0.39, 0.29) is 42.5 Å². The average molecular weight is 444 g/mol. The van der Waals surface area contributed by atoms with E-state index >= 15 is 0 Å². The van der Waals surface area contributed by atoms with Crippen LogP contribution < -0.4 is 9.47 Å². The largest absolute Gasteiger partial charge is 0.454 e. The molecule has 1 spiro atoms. The second-order valence-corrected chi connectivity index (χ2v) is 15.4. The number of rotatable bonds is 2. The van der Waals surface area contributed by atoms with Crippen molar-refractivity contribution in [1.82, 2.24) is 4.90 Å². The van der Waals surface area contributed by atoms with Crippen LogP contribution in [0.1, 0.15) is 50.8 Å². The molecule has 1 amide bonds. The van der Waals surface area contributed by atoms with Gasteiger partial charge in [0.2, 0.25) is 12.7 Å². The first-order chi connectivity index (χ1) is 14.4. The SMILES string of the molecule is CC(C)(C)[Si](C)(C)O[C@H]1CN2C(=O)C[C@]3(O)C=CC(=O)C[C@]23c2cc3c(cc21)OCO3. The first kappa shape index (κ1) is 20.7. The predicted molar refractivity (Wildman–Crippen MR) is 115 cm³/mol. The van der Waals surface area contributed by atoms with Crippen LogP contribution in [0.15, 0.2) is 24.3 Å². The van der Waals surface area contributed by atoms with E-state index in [2.05, 4.69) is 33.9 Å². The molecule has 0 radical (unpaired) electrons. The summed E-state index contributed by atoms with van der Waals surface area (Å²) in [5.74, 6) is 0.897. The van der Waals surface area contributed by atoms with Crippen LogP contribution in [0.4, 0.5) is 0 Å². The van der Waals surface area contributed by atoms with Crippen LogP contribution in [-0.2, 0) is 19.6 Å². The first-order valence-corrected chi connectivity index (χ1v) is 13.7. The van der Waals surface area contributed by atoms with Gasteiger partial charge < -0.3 is 23.9 Å². The highest BCUT2D eigenvalue weighted by molar-refractivity contribution is 6.74. The van der Waals surface area contributed by atoms with Crippen molar-refractivity contribution in [3.05, 3.63) is 35.4 Å². The molecule has 3 aliphatic heterocycles. The number of amides is 1. The topological polar surface area (TPSA) is 85.3 Å². The van der Waals surface area contributed by atoms with Gasteiger partial charge in [-0.3, -0.25) is 9.59 Å². The summed E-state index contributed by atoms with van der Waals surface area (Å²) in [6.07, 6.45) is 2.50. The van der Waals surface area contributed by atoms with Crippen molar-refractivity contribution in [2.24, 2.45) is 0 Å². The highest BCUT2D eigenvalue weighted by atomic mass is 28.4. The van der Waals surface area contributed by atoms with Crippen molar-refractivity contribution >= 4 is 20.0 Å². The van der Waals surface area contributed by atoms with E-state index in [1.807, 2.05) is 12.1 Å². The highest BCUT2D eigenvalue weighted by Gasteiger charge is 2.67. The molecule has 31 heavy (non-hydrogen) atoms. The van der Waals surface area contributed by atoms with Gasteiger partial charge in [-0.2, -0.15) is 0 Å². The summed E-state index contributed by atoms with van der Waals surface area (Å²) in [7, 11) is -2.18. The fourth-order valence-corrected chi connectivity index (χ4v) is 6.38. The van der Waals surface area contributed by atoms with Gasteiger partial charge >= 0.3 is 0 Å². The third-order valence-corrected chi connectivity index (χ3v) is 12.3. The van der Waals surface area contributed by atoms with Crippen molar-refractivity contribution in [3.8, 4) is 11.5 Å². The number of carbonyl (C=O) groups excluding carboxylic acids is 2. The molecular weight excluding hydrogens is 414 g/mol. The molecule has 1 aliphatic carbocycles. The summed E-state index contributed by atoms with van der Waals surface area (Å²) in [6.45, 7) is 11.3. The van der Waals surface area contributed by atoms with Crippen LogP contribution in [0.2, 0.25) is 18.1 Å². The quantitative estimate of drug-likeness (QED) is 0.707. The van der Waals surface area contributed by atoms with Crippen LogP contribution in [0.3, 0.4) is 0 Å². The minimum absolute atomic E-state index is 0.0159. The van der Waals surface area contributed by atoms with Crippen LogP contribution in [-0.4, -0.2) is 49.0 Å². The van der Waals surface area contributed by atoms with E-state index in [0.717, 1.165) is 11.1 Å². The number of aliphatic hydroxyl groups is 1. The van der Waals surface area contributed by atoms with Gasteiger partial charge in [-0.15, -0.1) is 0 Å². The Bertz CT molecular complexity index is 1030. The van der Waals surface area contributed by atoms with Gasteiger partial charge in [0.15, 0.2) is 25.6 Å². The van der Waals surface area contributed by atoms with Crippen molar-refractivity contribution in [2.75, 3.05) is 13.3 Å². The molecule has 1 N–H and O–H groups in total. The molecule has 166 valence electrons. The molecular formula is C23H29NO6Si. The monoisotopic (exact) mass is 443 g/mol. The number of hydrogen-bond donors (Lipinski definition) is 1. The van der Waals surface area contributed by atoms with Crippen LogP contribution in [0.25, 0.3) is 0 Å². The lowest BCUT2D eigenvalue weighted by atomic mass is 9.66. The predicted octanol–water partition coefficient (Wildman–Crippen LogP) is 3.18. The Balaban J connectivity index is 1.72. The molecule has 1 aromatic carbocycles. The van der Waals surface area contributed by atoms with E-state index in [4.69, 9.17) is 13.9 Å². The van der Waals surface area contributed by atoms with E-state index in [1.165, 1.54) is 12.2 Å². The molecule has 1 aromatic rings. The normalized spacial score (nSPS) is 31.5. The molecule has 7 nitrogen and oxygen atoms in total. The Morgan fingerprint density at radius 3 is 2.52 bits per heavy atom. The molecule has 1 saturated heterocycles. The number of hydrogen-bond acceptors (Lipinski definition) is 6. The number of benzene rings is 1. The van der Waals surface area contributed by atoms with E-state index < -0.39 is 19.5 Å². The Morgan fingerprint density at radius 2 is 1.84 bits per heavy atom. The number of allylic oxidation sites excluding steroid dienone is 1. The smallest absolute Gasteiger partial charge is 0.231 e. The van der Waals surface area contributed by atoms with Crippen LogP contribution >= 0.6 is 0 Å². The fourth-order valence-electron chi connectivity index (χ4n) is 5.12. The maximum atomic E-state index is 13.2. The third kappa shape index (κ3) is 2.71. The Kier molecular flexibility index (Phi) is 4.15. The Labute approximate surface area is 183 Å². The number of ketones is 1. The van der Waals surface area contributed by atoms with Crippen molar-refractivity contribution in [2.45, 2.75) is 69.0 Å². The van der Waals surface area contributed by atoms with Gasteiger partial charge in [-0.1, -0.05) is 20.8 Å². The van der Waals surface area contributed by atoms with Crippen molar-refractivity contribution in [1.29, 1.82) is 0 Å². The van der Waals surface area contributed by atoms with Gasteiger partial charge in [0.1, 0.15) is 11.1 Å². The third-order valence-electron chi connectivity index (χ3n) is 7.80. The van der Waals surface area contributed by atoms with Crippen LogP contribution in [0.5, 0.6) is 11.5 Å². The zero-order valence-corrected chi connectivity index (χ0v) is 19.7. The van der Waals surface area contributed by atoms with Gasteiger partial charge in [0.05, 0.1) is 19.1 Å². The fraction of sp³-hybridized carbons (Fsp3) is 0.565. The lowest BCUT2D eigenvalue weighted by molar-refractivity contribution is -0.139. The maximum Gasteiger partial charge on any atom is 0.231 e. The Morgan fingerprint density at radius 1 is 1.16 bits per heavy atom. The summed E-state index contributed by atoms with van der Waals surface area (Å²) in [5.41, 5.74) is -1.03. The minimum Gasteiger partial charge on any atom is -0.454 e. The second-order valence-electron chi connectivity index (χ2n) is 10.6. The lowest BCUT2D eigenvalue weighted by Crippen LogP contribution is -2.61. The van der Waals surface area contributed by atoms with E-state index in [9.17, 15) is 14.7 Å². The average Bonchev–Trinajstić information content (AvgIpc) is 3.20. The summed E-state index contributed by atoms with van der Waals surface area (Å²) in [6, 6.07) is 3.75. The molecule has 5 rings (SSSR count). The number of carbonyl (C=O) groups is 2. The molecule has 0 aromatic heterocycles. The van der Waals surface area contributed by atoms with Gasteiger partial charge in [-0.05, 0) is 53.5 Å². The molecule has 3 heterocycles. The highest BCUT2D eigenvalue weighted by Crippen LogP contribution is 2.59. The lowest BCUT2D eigenvalue weighted by Gasteiger charge is -2.53. The van der Waals surface area contributed by atoms with E-state index in [0.29, 0.717) is 18.0 Å². The number of nitrogens with zero attached hydrogens (tertiary/aromatic N) is 1. The summed E-state index contributed by atoms with van der Waals surface area (Å²) in [5, 5.41) is 11.6. The second kappa shape index (κ2) is 6.21. The van der Waals surface area contributed by atoms with E-state index in [1.54, 1.807) is 4.90 Å². The van der Waals surface area contributed by atoms with Gasteiger partial charge in [0, 0.05) is 6.42 Å². The van der Waals surface area contributed by atoms with Crippen molar-refractivity contribution in [3.63, 3.8) is 0 Å². The molecule has 0 saturated carbocycles. The molecule has 4 aliphatic rings. The standard InChI is InChI=1S/C23H29NO6Si/c1-21(2,3)31(4,5)30-19-12-24-20(26)11-22(27)7-6-14(25)10-23(22,24)16-9-18-17(8-15(16)19)28-13-29-18/h6-9,19,27H,10-13H2,1-5H3/t19-,22+,23+/m0/s1. The van der Waals surface area contributed by atoms with Crippen molar-refractivity contribution < 1.29 is 28.6 Å². The van der Waals surface area contributed by atoms with Gasteiger partial charge in [-0.25, -0.2) is 0 Å². The molecule has 0 bridgehead atoms. The first-order valence-electron chi connectivity index (χ1n) is 10.7. The minimum atomic E-state index is -2.18. The number of ether oxygens (including phenoxy) is 2. The zero-order valence-electron chi connectivity index (χ0n) is 18.7. The number of fused-ring (bicyclic) bond motifs is 2. The molecule has 3 atom stereocenters. The Hall–Kier alpha value is -2.16. The maximum absolute atomic E-state index is 13.2. The zero-order chi connectivity index (χ0) is 22.4. The summed E-state index contributed by atoms with van der Waals surface area (Å²) in [4.78, 5) is 27.4. The summed E-state index contributed by atoms with van der Waals surface area (Å²) >= 11 is 0.